The summed E-state index contributed by atoms with van der Waals surface area (Å²) in [4.78, 5) is 14.2. The van der Waals surface area contributed by atoms with Crippen molar-refractivity contribution < 1.29 is 9.53 Å². The maximum absolute atomic E-state index is 12.2. The first kappa shape index (κ1) is 16.7. The summed E-state index contributed by atoms with van der Waals surface area (Å²) in [6, 6.07) is 7.69. The van der Waals surface area contributed by atoms with Crippen molar-refractivity contribution in [2.24, 2.45) is 0 Å². The molecule has 1 saturated heterocycles. The molecule has 0 radical (unpaired) electrons. The van der Waals surface area contributed by atoms with Crippen LogP contribution < -0.4 is 0 Å². The lowest BCUT2D eigenvalue weighted by Crippen LogP contribution is -2.42. The molecule has 1 fully saturated rings. The maximum atomic E-state index is 12.2. The van der Waals surface area contributed by atoms with E-state index in [0.29, 0.717) is 31.1 Å². The van der Waals surface area contributed by atoms with Crippen LogP contribution in [0, 0.1) is 0 Å². The third kappa shape index (κ3) is 5.20. The number of hydrogen-bond donors (Lipinski definition) is 0. The highest BCUT2D eigenvalue weighted by atomic mass is 35.5. The van der Waals surface area contributed by atoms with Crippen LogP contribution in [0.5, 0.6) is 0 Å². The number of morpholine rings is 1. The number of nitrogens with zero attached hydrogens (tertiary/aromatic N) is 1. The second-order valence-corrected chi connectivity index (χ2v) is 6.63. The summed E-state index contributed by atoms with van der Waals surface area (Å²) < 4.78 is 5.79. The Morgan fingerprint density at radius 3 is 3.10 bits per heavy atom. The van der Waals surface area contributed by atoms with Gasteiger partial charge in [-0.2, -0.15) is 11.8 Å². The Kier molecular flexibility index (Phi) is 6.87. The zero-order valence-electron chi connectivity index (χ0n) is 12.4. The van der Waals surface area contributed by atoms with Crippen LogP contribution in [0.3, 0.4) is 0 Å². The number of carbonyl (C=O) groups is 1. The first-order valence-electron chi connectivity index (χ1n) is 7.34. The number of unbranched alkanes of at least 4 members (excludes halogenated alkanes) is 1. The Morgan fingerprint density at radius 1 is 1.48 bits per heavy atom. The number of amides is 1. The standard InChI is InChI=1S/C16H22ClNO2S/c1-21-10-3-2-7-16(19)18-8-9-20-15(12-18)13-5-4-6-14(17)11-13/h4-6,11,15H,2-3,7-10,12H2,1H3/t15-/m1/s1. The molecule has 0 aliphatic carbocycles. The first-order chi connectivity index (χ1) is 10.2. The summed E-state index contributed by atoms with van der Waals surface area (Å²) in [5, 5.41) is 0.705. The van der Waals surface area contributed by atoms with Crippen LogP contribution in [0.1, 0.15) is 30.9 Å². The number of hydrogen-bond acceptors (Lipinski definition) is 3. The molecule has 0 spiro atoms. The molecule has 0 N–H and O–H groups in total. The van der Waals surface area contributed by atoms with Crippen LogP contribution in [0.4, 0.5) is 0 Å². The largest absolute Gasteiger partial charge is 0.370 e. The average molecular weight is 328 g/mol. The van der Waals surface area contributed by atoms with E-state index < -0.39 is 0 Å². The Morgan fingerprint density at radius 2 is 2.33 bits per heavy atom. The molecule has 116 valence electrons. The Bertz CT molecular complexity index is 469. The quantitative estimate of drug-likeness (QED) is 0.745. The second-order valence-electron chi connectivity index (χ2n) is 5.20. The monoisotopic (exact) mass is 327 g/mol. The zero-order valence-corrected chi connectivity index (χ0v) is 14.0. The third-order valence-corrected chi connectivity index (χ3v) is 4.56. The van der Waals surface area contributed by atoms with Crippen LogP contribution in [-0.2, 0) is 9.53 Å². The minimum atomic E-state index is -0.0624. The molecule has 3 nitrogen and oxygen atoms in total. The van der Waals surface area contributed by atoms with Gasteiger partial charge in [0.15, 0.2) is 0 Å². The third-order valence-electron chi connectivity index (χ3n) is 3.63. The molecule has 1 heterocycles. The molecule has 1 aromatic carbocycles. The summed E-state index contributed by atoms with van der Waals surface area (Å²) in [7, 11) is 0. The molecule has 1 atom stereocenters. The van der Waals surface area contributed by atoms with Crippen molar-refractivity contribution in [1.82, 2.24) is 4.90 Å². The normalized spacial score (nSPS) is 18.8. The topological polar surface area (TPSA) is 29.5 Å². The van der Waals surface area contributed by atoms with Crippen molar-refractivity contribution in [3.05, 3.63) is 34.9 Å². The predicted octanol–water partition coefficient (Wildman–Crippen LogP) is 3.77. The van der Waals surface area contributed by atoms with E-state index in [1.165, 1.54) is 0 Å². The van der Waals surface area contributed by atoms with Gasteiger partial charge in [0, 0.05) is 18.0 Å². The highest BCUT2D eigenvalue weighted by molar-refractivity contribution is 7.98. The van der Waals surface area contributed by atoms with Gasteiger partial charge >= 0.3 is 0 Å². The number of rotatable bonds is 6. The highest BCUT2D eigenvalue weighted by Crippen LogP contribution is 2.25. The van der Waals surface area contributed by atoms with Crippen LogP contribution in [0.2, 0.25) is 5.02 Å². The van der Waals surface area contributed by atoms with E-state index in [2.05, 4.69) is 6.26 Å². The van der Waals surface area contributed by atoms with Crippen LogP contribution in [0.15, 0.2) is 24.3 Å². The Labute approximate surface area is 136 Å². The van der Waals surface area contributed by atoms with Gasteiger partial charge in [0.1, 0.15) is 6.10 Å². The van der Waals surface area contributed by atoms with E-state index >= 15 is 0 Å². The number of thioether (sulfide) groups is 1. The predicted molar refractivity (Wildman–Crippen MR) is 89.0 cm³/mol. The van der Waals surface area contributed by atoms with Crippen molar-refractivity contribution in [2.45, 2.75) is 25.4 Å². The van der Waals surface area contributed by atoms with Crippen molar-refractivity contribution in [3.63, 3.8) is 0 Å². The summed E-state index contributed by atoms with van der Waals surface area (Å²) in [5.74, 6) is 1.37. The summed E-state index contributed by atoms with van der Waals surface area (Å²) in [5.41, 5.74) is 1.04. The van der Waals surface area contributed by atoms with Gasteiger partial charge in [-0.15, -0.1) is 0 Å². The van der Waals surface area contributed by atoms with Gasteiger partial charge in [-0.05, 0) is 42.5 Å². The molecule has 1 aliphatic heterocycles. The fraction of sp³-hybridized carbons (Fsp3) is 0.562. The molecular weight excluding hydrogens is 306 g/mol. The summed E-state index contributed by atoms with van der Waals surface area (Å²) >= 11 is 7.85. The maximum Gasteiger partial charge on any atom is 0.222 e. The molecule has 1 amide bonds. The molecule has 5 heteroatoms. The zero-order chi connectivity index (χ0) is 15.1. The van der Waals surface area contributed by atoms with Gasteiger partial charge in [0.05, 0.1) is 13.2 Å². The van der Waals surface area contributed by atoms with Crippen molar-refractivity contribution in [3.8, 4) is 0 Å². The van der Waals surface area contributed by atoms with E-state index in [1.54, 1.807) is 0 Å². The number of halogens is 1. The number of carbonyl (C=O) groups excluding carboxylic acids is 1. The van der Waals surface area contributed by atoms with Gasteiger partial charge in [-0.3, -0.25) is 4.79 Å². The van der Waals surface area contributed by atoms with Crippen LogP contribution >= 0.6 is 23.4 Å². The van der Waals surface area contributed by atoms with Gasteiger partial charge < -0.3 is 9.64 Å². The minimum Gasteiger partial charge on any atom is -0.370 e. The van der Waals surface area contributed by atoms with Gasteiger partial charge in [-0.25, -0.2) is 0 Å². The van der Waals surface area contributed by atoms with E-state index in [-0.39, 0.29) is 12.0 Å². The Hall–Kier alpha value is -0.710. The summed E-state index contributed by atoms with van der Waals surface area (Å²) in [6.45, 7) is 1.91. The highest BCUT2D eigenvalue weighted by Gasteiger charge is 2.25. The molecule has 21 heavy (non-hydrogen) atoms. The Balaban J connectivity index is 1.87. The first-order valence-corrected chi connectivity index (χ1v) is 9.11. The number of benzene rings is 1. The SMILES string of the molecule is CSCCCCC(=O)N1CCO[C@@H](c2cccc(Cl)c2)C1. The summed E-state index contributed by atoms with van der Waals surface area (Å²) in [6.07, 6.45) is 4.75. The average Bonchev–Trinajstić information content (AvgIpc) is 2.51. The molecule has 1 aromatic rings. The lowest BCUT2D eigenvalue weighted by atomic mass is 10.1. The van der Waals surface area contributed by atoms with Crippen LogP contribution in [0.25, 0.3) is 0 Å². The second kappa shape index (κ2) is 8.66. The lowest BCUT2D eigenvalue weighted by Gasteiger charge is -2.33. The smallest absolute Gasteiger partial charge is 0.222 e. The molecule has 0 aromatic heterocycles. The van der Waals surface area contributed by atoms with Gasteiger partial charge in [0.25, 0.3) is 0 Å². The number of ether oxygens (including phenoxy) is 1. The van der Waals surface area contributed by atoms with Crippen molar-refractivity contribution in [2.75, 3.05) is 31.7 Å². The molecule has 0 saturated carbocycles. The van der Waals surface area contributed by atoms with Crippen molar-refractivity contribution >= 4 is 29.3 Å². The molecule has 1 aliphatic rings. The van der Waals surface area contributed by atoms with Gasteiger partial charge in [0.2, 0.25) is 5.91 Å². The van der Waals surface area contributed by atoms with Gasteiger partial charge in [-0.1, -0.05) is 23.7 Å². The molecule has 0 bridgehead atoms. The lowest BCUT2D eigenvalue weighted by molar-refractivity contribution is -0.139. The fourth-order valence-corrected chi connectivity index (χ4v) is 3.16. The van der Waals surface area contributed by atoms with E-state index in [9.17, 15) is 4.79 Å². The van der Waals surface area contributed by atoms with E-state index in [4.69, 9.17) is 16.3 Å². The van der Waals surface area contributed by atoms with Crippen LogP contribution in [-0.4, -0.2) is 42.5 Å². The van der Waals surface area contributed by atoms with E-state index in [1.807, 2.05) is 40.9 Å². The van der Waals surface area contributed by atoms with E-state index in [0.717, 1.165) is 24.2 Å². The fourth-order valence-electron chi connectivity index (χ4n) is 2.47. The van der Waals surface area contributed by atoms with Crippen molar-refractivity contribution in [1.29, 1.82) is 0 Å². The molecular formula is C16H22ClNO2S. The molecule has 0 unspecified atom stereocenters. The minimum absolute atomic E-state index is 0.0624. The molecule has 2 rings (SSSR count).